The number of azide groups is 2. The fourth-order valence-corrected chi connectivity index (χ4v) is 2.49. The molecule has 0 amide bonds. The van der Waals surface area contributed by atoms with Crippen molar-refractivity contribution in [1.29, 1.82) is 0 Å². The van der Waals surface area contributed by atoms with Crippen molar-refractivity contribution >= 4 is 28.9 Å². The van der Waals surface area contributed by atoms with Crippen LogP contribution < -0.4 is 5.73 Å². The molecule has 0 aromatic carbocycles. The summed E-state index contributed by atoms with van der Waals surface area (Å²) in [5.41, 5.74) is 22.9. The summed E-state index contributed by atoms with van der Waals surface area (Å²) >= 11 is 0. The van der Waals surface area contributed by atoms with E-state index in [0.29, 0.717) is 0 Å². The first-order chi connectivity index (χ1) is 12.0. The van der Waals surface area contributed by atoms with Crippen LogP contribution >= 0.6 is 0 Å². The van der Waals surface area contributed by atoms with Gasteiger partial charge in [0.1, 0.15) is 18.3 Å². The fraction of sp³-hybridized carbons (Fsp3) is 0.500. The summed E-state index contributed by atoms with van der Waals surface area (Å²) in [5.74, 6) is -0.758. The molecule has 15 nitrogen and oxygen atoms in total. The minimum absolute atomic E-state index is 0.0111. The maximum absolute atomic E-state index is 10.2. The molecule has 0 saturated carbocycles. The van der Waals surface area contributed by atoms with Gasteiger partial charge in [-0.25, -0.2) is 15.0 Å². The summed E-state index contributed by atoms with van der Waals surface area (Å²) in [7, 11) is 0. The topological polar surface area (TPSA) is 237 Å². The maximum atomic E-state index is 10.2. The second-order valence-electron chi connectivity index (χ2n) is 4.97. The Labute approximate surface area is 137 Å². The van der Waals surface area contributed by atoms with Crippen LogP contribution in [0.5, 0.6) is 0 Å². The van der Waals surface area contributed by atoms with Gasteiger partial charge in [0.25, 0.3) is 0 Å². The first kappa shape index (κ1) is 16.7. The Morgan fingerprint density at radius 1 is 1.16 bits per heavy atom. The molecule has 130 valence electrons. The molecular weight excluding hydrogens is 338 g/mol. The van der Waals surface area contributed by atoms with Crippen LogP contribution in [0.4, 0.5) is 17.7 Å². The number of nitrogens with zero attached hydrogens (tertiary/aromatic N) is 10. The van der Waals surface area contributed by atoms with Crippen molar-refractivity contribution in [2.45, 2.75) is 24.5 Å². The molecule has 0 aliphatic carbocycles. The summed E-state index contributed by atoms with van der Waals surface area (Å²) in [5, 5.41) is 36.0. The van der Waals surface area contributed by atoms with Gasteiger partial charge in [-0.2, -0.15) is 0 Å². The van der Waals surface area contributed by atoms with Crippen molar-refractivity contribution in [3.05, 3.63) is 20.9 Å². The van der Waals surface area contributed by atoms with Crippen molar-refractivity contribution in [3.8, 4) is 0 Å². The monoisotopic (exact) mass is 349 g/mol. The van der Waals surface area contributed by atoms with E-state index < -0.39 is 31.1 Å². The third-order valence-corrected chi connectivity index (χ3v) is 3.58. The molecule has 3 rings (SSSR count). The van der Waals surface area contributed by atoms with Gasteiger partial charge < -0.3 is 25.8 Å². The minimum atomic E-state index is -1.48. The lowest BCUT2D eigenvalue weighted by atomic mass is 10.1. The van der Waals surface area contributed by atoms with Gasteiger partial charge >= 0.3 is 0 Å². The zero-order valence-electron chi connectivity index (χ0n) is 12.3. The van der Waals surface area contributed by atoms with E-state index in [9.17, 15) is 15.3 Å². The number of aliphatic hydroxyl groups excluding tert-OH is 3. The van der Waals surface area contributed by atoms with Crippen LogP contribution in [0, 0.1) is 0 Å². The van der Waals surface area contributed by atoms with Gasteiger partial charge in [-0.1, -0.05) is 0 Å². The number of hydrogen-bond acceptors (Lipinski definition) is 10. The predicted molar refractivity (Wildman–Crippen MR) is 80.4 cm³/mol. The quantitative estimate of drug-likeness (QED) is 0.329. The Morgan fingerprint density at radius 2 is 1.88 bits per heavy atom. The summed E-state index contributed by atoms with van der Waals surface area (Å²) < 4.78 is 6.48. The molecule has 2 aromatic rings. The van der Waals surface area contributed by atoms with Crippen LogP contribution in [0.1, 0.15) is 6.23 Å². The maximum Gasteiger partial charge on any atom is 0.220 e. The van der Waals surface area contributed by atoms with Crippen molar-refractivity contribution in [2.75, 3.05) is 12.3 Å². The molecule has 0 bridgehead atoms. The Bertz CT molecular complexity index is 915. The largest absolute Gasteiger partial charge is 0.394 e. The molecule has 3 heterocycles. The van der Waals surface area contributed by atoms with Crippen molar-refractivity contribution in [2.24, 2.45) is 10.2 Å². The summed E-state index contributed by atoms with van der Waals surface area (Å²) in [6, 6.07) is 0. The first-order valence-corrected chi connectivity index (χ1v) is 6.80. The van der Waals surface area contributed by atoms with Crippen molar-refractivity contribution in [1.82, 2.24) is 19.5 Å². The summed E-state index contributed by atoms with van der Waals surface area (Å²) in [6.45, 7) is -0.556. The van der Waals surface area contributed by atoms with E-state index in [-0.39, 0.29) is 28.9 Å². The lowest BCUT2D eigenvalue weighted by Crippen LogP contribution is -2.33. The average molecular weight is 349 g/mol. The highest BCUT2D eigenvalue weighted by Crippen LogP contribution is 2.36. The molecule has 15 heteroatoms. The standard InChI is InChI=1S/C10H11N11O4/c11-6-3-7(16-9(15-6)17-19-12)21(10(14-3)18-20-13)8-5(24)4(23)2(1-22)25-8/h2,4-5,8,22-24H,1H2,(H2,11,15,16)/t2-,4?,5?,8-/m1/s1. The highest BCUT2D eigenvalue weighted by molar-refractivity contribution is 5.85. The van der Waals surface area contributed by atoms with Crippen LogP contribution in [0.2, 0.25) is 0 Å². The third-order valence-electron chi connectivity index (χ3n) is 3.58. The van der Waals surface area contributed by atoms with E-state index in [1.807, 2.05) is 0 Å². The lowest BCUT2D eigenvalue weighted by Gasteiger charge is -2.18. The molecule has 2 aromatic heterocycles. The lowest BCUT2D eigenvalue weighted by molar-refractivity contribution is -0.0502. The normalized spacial score (nSPS) is 25.6. The zero-order chi connectivity index (χ0) is 18.1. The third kappa shape index (κ3) is 2.64. The van der Waals surface area contributed by atoms with E-state index in [1.54, 1.807) is 0 Å². The molecule has 4 atom stereocenters. The van der Waals surface area contributed by atoms with Crippen LogP contribution in [0.3, 0.4) is 0 Å². The molecule has 0 spiro atoms. The number of hydrogen-bond donors (Lipinski definition) is 4. The Hall–Kier alpha value is -3.19. The second-order valence-corrected chi connectivity index (χ2v) is 4.97. The smallest absolute Gasteiger partial charge is 0.220 e. The van der Waals surface area contributed by atoms with E-state index in [2.05, 4.69) is 35.0 Å². The molecule has 1 fully saturated rings. The molecule has 5 N–H and O–H groups in total. The predicted octanol–water partition coefficient (Wildman–Crippen LogP) is -0.0964. The van der Waals surface area contributed by atoms with Gasteiger partial charge in [-0.05, 0) is 21.3 Å². The van der Waals surface area contributed by atoms with Crippen molar-refractivity contribution in [3.63, 3.8) is 0 Å². The number of nitrogens with two attached hydrogens (primary N) is 1. The zero-order valence-corrected chi connectivity index (χ0v) is 12.3. The molecular formula is C10H11N11O4. The van der Waals surface area contributed by atoms with Gasteiger partial charge in [0.05, 0.1) is 6.61 Å². The minimum Gasteiger partial charge on any atom is -0.394 e. The van der Waals surface area contributed by atoms with Crippen molar-refractivity contribution < 1.29 is 20.1 Å². The molecule has 1 aliphatic heterocycles. The molecule has 0 radical (unpaired) electrons. The van der Waals surface area contributed by atoms with E-state index in [1.165, 1.54) is 0 Å². The molecule has 2 unspecified atom stereocenters. The first-order valence-electron chi connectivity index (χ1n) is 6.80. The Balaban J connectivity index is 2.26. The van der Waals surface area contributed by atoms with E-state index in [0.717, 1.165) is 4.57 Å². The molecule has 1 aliphatic rings. The van der Waals surface area contributed by atoms with E-state index in [4.69, 9.17) is 21.5 Å². The fourth-order valence-electron chi connectivity index (χ4n) is 2.49. The number of nitrogen functional groups attached to an aromatic ring is 1. The Morgan fingerprint density at radius 3 is 2.48 bits per heavy atom. The number of anilines is 1. The van der Waals surface area contributed by atoms with Gasteiger partial charge in [-0.15, -0.1) is 0 Å². The van der Waals surface area contributed by atoms with Crippen LogP contribution in [-0.2, 0) is 4.74 Å². The number of ether oxygens (including phenoxy) is 1. The second kappa shape index (κ2) is 6.37. The van der Waals surface area contributed by atoms with Gasteiger partial charge in [0, 0.05) is 9.82 Å². The van der Waals surface area contributed by atoms with Crippen LogP contribution in [0.15, 0.2) is 10.2 Å². The highest BCUT2D eigenvalue weighted by atomic mass is 16.6. The summed E-state index contributed by atoms with van der Waals surface area (Å²) in [4.78, 5) is 16.9. The highest BCUT2D eigenvalue weighted by Gasteiger charge is 2.45. The Kier molecular flexibility index (Phi) is 4.24. The molecule has 25 heavy (non-hydrogen) atoms. The van der Waals surface area contributed by atoms with Crippen LogP contribution in [0.25, 0.3) is 32.0 Å². The van der Waals surface area contributed by atoms with Crippen LogP contribution in [-0.4, -0.2) is 59.8 Å². The summed E-state index contributed by atoms with van der Waals surface area (Å²) in [6.07, 6.45) is -5.25. The van der Waals surface area contributed by atoms with Gasteiger partial charge in [-0.3, -0.25) is 4.57 Å². The molecule has 1 saturated heterocycles. The van der Waals surface area contributed by atoms with Gasteiger partial charge in [0.2, 0.25) is 11.9 Å². The average Bonchev–Trinajstić information content (AvgIpc) is 3.07. The number of rotatable bonds is 4. The number of fused-ring (bicyclic) bond motifs is 1. The van der Waals surface area contributed by atoms with Gasteiger partial charge in [0.15, 0.2) is 23.2 Å². The number of aliphatic hydroxyl groups is 3. The van der Waals surface area contributed by atoms with E-state index >= 15 is 0 Å². The number of imidazole rings is 1. The number of aromatic nitrogens is 4. The SMILES string of the molecule is [N-]=[N+]=Nc1nc(N)c2nc(N=[N+]=[N-])n([C@@H]3O[C@H](CO)C(O)C3O)c2n1.